The molecule has 0 aliphatic heterocycles. The van der Waals surface area contributed by atoms with Gasteiger partial charge in [-0.05, 0) is 20.9 Å². The largest absolute Gasteiger partial charge is 0.481 e. The number of nitrogens with one attached hydrogen (secondary N) is 1. The zero-order valence-electron chi connectivity index (χ0n) is 9.53. The Hall–Kier alpha value is -1.36. The molecule has 84 valence electrons. The van der Waals surface area contributed by atoms with Gasteiger partial charge in [0, 0.05) is 18.3 Å². The molecule has 1 atom stereocenters. The third kappa shape index (κ3) is 2.18. The second-order valence-corrected chi connectivity index (χ2v) is 3.92. The van der Waals surface area contributed by atoms with E-state index in [2.05, 4.69) is 10.4 Å². The molecule has 1 aromatic rings. The van der Waals surface area contributed by atoms with Gasteiger partial charge in [-0.2, -0.15) is 5.10 Å². The smallest absolute Gasteiger partial charge is 0.305 e. The van der Waals surface area contributed by atoms with Gasteiger partial charge in [0.05, 0.1) is 18.2 Å². The number of hydrogen-bond donors (Lipinski definition) is 2. The summed E-state index contributed by atoms with van der Waals surface area (Å²) in [6, 6.07) is 0. The second-order valence-electron chi connectivity index (χ2n) is 3.92. The van der Waals surface area contributed by atoms with Gasteiger partial charge in [0.25, 0.3) is 0 Å². The Bertz CT molecular complexity index is 373. The first-order chi connectivity index (χ1) is 6.90. The van der Waals surface area contributed by atoms with Gasteiger partial charge in [0.15, 0.2) is 0 Å². The van der Waals surface area contributed by atoms with Gasteiger partial charge in [-0.3, -0.25) is 9.48 Å². The third-order valence-electron chi connectivity index (χ3n) is 2.89. The monoisotopic (exact) mass is 211 g/mol. The van der Waals surface area contributed by atoms with Crippen molar-refractivity contribution in [3.05, 3.63) is 17.5 Å². The summed E-state index contributed by atoms with van der Waals surface area (Å²) in [4.78, 5) is 10.8. The zero-order chi connectivity index (χ0) is 11.6. The van der Waals surface area contributed by atoms with Crippen molar-refractivity contribution >= 4 is 5.97 Å². The summed E-state index contributed by atoms with van der Waals surface area (Å²) in [5, 5.41) is 16.0. The quantitative estimate of drug-likeness (QED) is 0.767. The molecule has 0 saturated heterocycles. The first kappa shape index (κ1) is 11.7. The Labute approximate surface area is 89.1 Å². The maximum absolute atomic E-state index is 10.8. The van der Waals surface area contributed by atoms with Crippen LogP contribution >= 0.6 is 0 Å². The summed E-state index contributed by atoms with van der Waals surface area (Å²) in [6.45, 7) is 3.80. The molecule has 0 spiro atoms. The molecule has 0 amide bonds. The van der Waals surface area contributed by atoms with Crippen molar-refractivity contribution in [2.24, 2.45) is 7.05 Å². The van der Waals surface area contributed by atoms with E-state index in [9.17, 15) is 4.79 Å². The number of aryl methyl sites for hydroxylation is 1. The van der Waals surface area contributed by atoms with Crippen LogP contribution in [-0.4, -0.2) is 27.9 Å². The number of hydrogen-bond acceptors (Lipinski definition) is 3. The molecular weight excluding hydrogens is 194 g/mol. The van der Waals surface area contributed by atoms with Crippen LogP contribution in [0.1, 0.15) is 24.6 Å². The Morgan fingerprint density at radius 1 is 1.73 bits per heavy atom. The van der Waals surface area contributed by atoms with Crippen LogP contribution in [0.4, 0.5) is 0 Å². The normalized spacial score (nSPS) is 14.9. The zero-order valence-corrected chi connectivity index (χ0v) is 9.53. The lowest BCUT2D eigenvalue weighted by atomic mass is 9.89. The van der Waals surface area contributed by atoms with Gasteiger partial charge in [-0.1, -0.05) is 0 Å². The van der Waals surface area contributed by atoms with Crippen molar-refractivity contribution in [3.8, 4) is 0 Å². The van der Waals surface area contributed by atoms with Crippen LogP contribution in [0.25, 0.3) is 0 Å². The number of rotatable bonds is 4. The van der Waals surface area contributed by atoms with Crippen LogP contribution in [0, 0.1) is 6.92 Å². The fraction of sp³-hybridized carbons (Fsp3) is 0.600. The second kappa shape index (κ2) is 4.02. The van der Waals surface area contributed by atoms with E-state index in [1.54, 1.807) is 17.9 Å². The molecule has 5 heteroatoms. The molecule has 15 heavy (non-hydrogen) atoms. The summed E-state index contributed by atoms with van der Waals surface area (Å²) in [7, 11) is 3.60. The molecule has 0 radical (unpaired) electrons. The first-order valence-electron chi connectivity index (χ1n) is 4.80. The van der Waals surface area contributed by atoms with Crippen molar-refractivity contribution in [1.29, 1.82) is 0 Å². The van der Waals surface area contributed by atoms with E-state index in [1.165, 1.54) is 0 Å². The molecule has 1 aromatic heterocycles. The SMILES string of the molecule is CNC(C)(CC(=O)O)c1cnn(C)c1C. The van der Waals surface area contributed by atoms with Gasteiger partial charge < -0.3 is 10.4 Å². The molecule has 0 fully saturated rings. The molecule has 1 rings (SSSR count). The van der Waals surface area contributed by atoms with Crippen molar-refractivity contribution in [3.63, 3.8) is 0 Å². The summed E-state index contributed by atoms with van der Waals surface area (Å²) in [5.41, 5.74) is 1.34. The standard InChI is InChI=1S/C10H17N3O2/c1-7-8(6-12-13(7)4)10(2,11-3)5-9(14)15/h6,11H,5H2,1-4H3,(H,14,15). The lowest BCUT2D eigenvalue weighted by Crippen LogP contribution is -2.39. The number of nitrogens with zero attached hydrogens (tertiary/aromatic N) is 2. The molecule has 2 N–H and O–H groups in total. The van der Waals surface area contributed by atoms with Crippen molar-refractivity contribution in [1.82, 2.24) is 15.1 Å². The highest BCUT2D eigenvalue weighted by Gasteiger charge is 2.30. The fourth-order valence-corrected chi connectivity index (χ4v) is 1.66. The number of carboxylic acids is 1. The molecule has 0 aliphatic rings. The summed E-state index contributed by atoms with van der Waals surface area (Å²) in [5.74, 6) is -0.824. The minimum atomic E-state index is -0.824. The van der Waals surface area contributed by atoms with Gasteiger partial charge in [-0.25, -0.2) is 0 Å². The van der Waals surface area contributed by atoms with Crippen LogP contribution in [0.2, 0.25) is 0 Å². The molecule has 5 nitrogen and oxygen atoms in total. The van der Waals surface area contributed by atoms with E-state index in [1.807, 2.05) is 20.9 Å². The first-order valence-corrected chi connectivity index (χ1v) is 4.80. The Balaban J connectivity index is 3.11. The van der Waals surface area contributed by atoms with E-state index >= 15 is 0 Å². The highest BCUT2D eigenvalue weighted by atomic mass is 16.4. The lowest BCUT2D eigenvalue weighted by molar-refractivity contribution is -0.138. The van der Waals surface area contributed by atoms with E-state index < -0.39 is 11.5 Å². The Morgan fingerprint density at radius 2 is 2.33 bits per heavy atom. The highest BCUT2D eigenvalue weighted by Crippen LogP contribution is 2.26. The minimum Gasteiger partial charge on any atom is -0.481 e. The van der Waals surface area contributed by atoms with Crippen molar-refractivity contribution in [2.75, 3.05) is 7.05 Å². The Morgan fingerprint density at radius 3 is 2.67 bits per heavy atom. The topological polar surface area (TPSA) is 67.2 Å². The van der Waals surface area contributed by atoms with E-state index in [-0.39, 0.29) is 6.42 Å². The molecule has 1 heterocycles. The molecule has 0 bridgehead atoms. The lowest BCUT2D eigenvalue weighted by Gasteiger charge is -2.27. The highest BCUT2D eigenvalue weighted by molar-refractivity contribution is 5.69. The Kier molecular flexibility index (Phi) is 3.14. The van der Waals surface area contributed by atoms with Gasteiger partial charge in [-0.15, -0.1) is 0 Å². The number of carbonyl (C=O) groups is 1. The van der Waals surface area contributed by atoms with Gasteiger partial charge >= 0.3 is 5.97 Å². The summed E-state index contributed by atoms with van der Waals surface area (Å²) >= 11 is 0. The maximum Gasteiger partial charge on any atom is 0.305 e. The number of aliphatic carboxylic acids is 1. The average Bonchev–Trinajstić information content (AvgIpc) is 2.47. The van der Waals surface area contributed by atoms with Crippen LogP contribution in [0.5, 0.6) is 0 Å². The molecule has 0 aliphatic carbocycles. The maximum atomic E-state index is 10.8. The summed E-state index contributed by atoms with van der Waals surface area (Å²) in [6.07, 6.45) is 1.75. The molecule has 0 saturated carbocycles. The van der Waals surface area contributed by atoms with E-state index in [4.69, 9.17) is 5.11 Å². The molecule has 0 aromatic carbocycles. The fourth-order valence-electron chi connectivity index (χ4n) is 1.66. The van der Waals surface area contributed by atoms with Gasteiger partial charge in [0.2, 0.25) is 0 Å². The van der Waals surface area contributed by atoms with E-state index in [0.717, 1.165) is 11.3 Å². The van der Waals surface area contributed by atoms with Crippen molar-refractivity contribution in [2.45, 2.75) is 25.8 Å². The van der Waals surface area contributed by atoms with Crippen LogP contribution < -0.4 is 5.32 Å². The van der Waals surface area contributed by atoms with Crippen molar-refractivity contribution < 1.29 is 9.90 Å². The van der Waals surface area contributed by atoms with Crippen LogP contribution in [-0.2, 0) is 17.4 Å². The van der Waals surface area contributed by atoms with Gasteiger partial charge in [0.1, 0.15) is 0 Å². The number of aromatic nitrogens is 2. The average molecular weight is 211 g/mol. The minimum absolute atomic E-state index is 0.0377. The summed E-state index contributed by atoms with van der Waals surface area (Å²) < 4.78 is 1.74. The molecule has 1 unspecified atom stereocenters. The van der Waals surface area contributed by atoms with Crippen LogP contribution in [0.15, 0.2) is 6.20 Å². The predicted molar refractivity (Wildman–Crippen MR) is 56.6 cm³/mol. The predicted octanol–water partition coefficient (Wildman–Crippen LogP) is 0.638. The van der Waals surface area contributed by atoms with Crippen LogP contribution in [0.3, 0.4) is 0 Å². The van der Waals surface area contributed by atoms with E-state index in [0.29, 0.717) is 0 Å². The third-order valence-corrected chi connectivity index (χ3v) is 2.89. The number of carboxylic acid groups (broad SMARTS) is 1. The molecular formula is C10H17N3O2.